The van der Waals surface area contributed by atoms with Crippen LogP contribution >= 0.6 is 11.6 Å². The van der Waals surface area contributed by atoms with Crippen LogP contribution in [0.4, 0.5) is 13.2 Å². The zero-order valence-electron chi connectivity index (χ0n) is 14.8. The molecule has 2 unspecified atom stereocenters. The van der Waals surface area contributed by atoms with Crippen LogP contribution in [0, 0.1) is 17.8 Å². The fourth-order valence-corrected chi connectivity index (χ4v) is 4.63. The smallest absolute Gasteiger partial charge is 0.406 e. The van der Waals surface area contributed by atoms with Gasteiger partial charge in [-0.1, -0.05) is 35.9 Å². The first-order valence-electron chi connectivity index (χ1n) is 9.19. The van der Waals surface area contributed by atoms with Gasteiger partial charge in [0.2, 0.25) is 0 Å². The minimum atomic E-state index is -4.64. The second-order valence-electron chi connectivity index (χ2n) is 7.55. The first-order chi connectivity index (χ1) is 12.9. The lowest BCUT2D eigenvalue weighted by molar-refractivity contribution is -0.274. The molecule has 4 rings (SSSR count). The minimum Gasteiger partial charge on any atom is -0.406 e. The number of likely N-dealkylation sites (tertiary alicyclic amines) is 1. The van der Waals surface area contributed by atoms with Crippen molar-refractivity contribution in [3.05, 3.63) is 64.7 Å². The van der Waals surface area contributed by atoms with Crippen molar-refractivity contribution >= 4 is 11.6 Å². The number of piperidine rings is 1. The normalized spacial score (nSPS) is 24.7. The topological polar surface area (TPSA) is 12.5 Å². The first kappa shape index (κ1) is 18.6. The van der Waals surface area contributed by atoms with Crippen molar-refractivity contribution in [2.75, 3.05) is 13.1 Å². The molecule has 1 saturated heterocycles. The molecular formula is C21H21ClF3NO. The molecule has 2 atom stereocenters. The van der Waals surface area contributed by atoms with Gasteiger partial charge in [0.05, 0.1) is 0 Å². The van der Waals surface area contributed by atoms with Gasteiger partial charge in [-0.15, -0.1) is 13.2 Å². The van der Waals surface area contributed by atoms with E-state index < -0.39 is 6.36 Å². The van der Waals surface area contributed by atoms with Crippen molar-refractivity contribution in [3.8, 4) is 5.75 Å². The van der Waals surface area contributed by atoms with Gasteiger partial charge in [-0.25, -0.2) is 0 Å². The minimum absolute atomic E-state index is 0.135. The SMILES string of the molecule is FC(F)(F)Oc1cccc(CCC2C3CN(Cc4cccc(Cl)c4)CC23)c1. The highest BCUT2D eigenvalue weighted by molar-refractivity contribution is 6.30. The average molecular weight is 396 g/mol. The lowest BCUT2D eigenvalue weighted by Gasteiger charge is -2.19. The largest absolute Gasteiger partial charge is 0.573 e. The fourth-order valence-electron chi connectivity index (χ4n) is 4.42. The van der Waals surface area contributed by atoms with E-state index in [0.29, 0.717) is 5.92 Å². The summed E-state index contributed by atoms with van der Waals surface area (Å²) in [6.45, 7) is 3.12. The van der Waals surface area contributed by atoms with E-state index in [1.807, 2.05) is 24.3 Å². The number of halogens is 4. The number of benzene rings is 2. The summed E-state index contributed by atoms with van der Waals surface area (Å²) in [6.07, 6.45) is -2.82. The average Bonchev–Trinajstić information content (AvgIpc) is 3.03. The van der Waals surface area contributed by atoms with Gasteiger partial charge in [-0.05, 0) is 66.0 Å². The van der Waals surface area contributed by atoms with Gasteiger partial charge in [0.15, 0.2) is 0 Å². The monoisotopic (exact) mass is 395 g/mol. The summed E-state index contributed by atoms with van der Waals surface area (Å²) in [7, 11) is 0. The van der Waals surface area contributed by atoms with E-state index in [4.69, 9.17) is 11.6 Å². The maximum atomic E-state index is 12.3. The molecule has 1 saturated carbocycles. The number of nitrogens with zero attached hydrogens (tertiary/aromatic N) is 1. The second-order valence-corrected chi connectivity index (χ2v) is 7.99. The third-order valence-corrected chi connectivity index (χ3v) is 5.88. The van der Waals surface area contributed by atoms with Crippen molar-refractivity contribution in [2.24, 2.45) is 17.8 Å². The molecule has 1 heterocycles. The Morgan fingerprint density at radius 1 is 1.00 bits per heavy atom. The molecule has 2 nitrogen and oxygen atoms in total. The third-order valence-electron chi connectivity index (χ3n) is 5.64. The highest BCUT2D eigenvalue weighted by Crippen LogP contribution is 2.54. The molecule has 2 fully saturated rings. The summed E-state index contributed by atoms with van der Waals surface area (Å²) in [5, 5.41) is 0.770. The van der Waals surface area contributed by atoms with E-state index in [-0.39, 0.29) is 5.75 Å². The molecule has 0 amide bonds. The molecular weight excluding hydrogens is 375 g/mol. The van der Waals surface area contributed by atoms with Crippen LogP contribution in [0.15, 0.2) is 48.5 Å². The van der Waals surface area contributed by atoms with Crippen LogP contribution in [0.2, 0.25) is 5.02 Å². The molecule has 0 N–H and O–H groups in total. The van der Waals surface area contributed by atoms with Crippen LogP contribution in [0.25, 0.3) is 0 Å². The number of alkyl halides is 3. The molecule has 27 heavy (non-hydrogen) atoms. The molecule has 1 aliphatic carbocycles. The number of fused-ring (bicyclic) bond motifs is 1. The van der Waals surface area contributed by atoms with Gasteiger partial charge in [-0.3, -0.25) is 4.90 Å². The molecule has 2 aromatic rings. The van der Waals surface area contributed by atoms with Crippen LogP contribution in [0.3, 0.4) is 0 Å². The van der Waals surface area contributed by atoms with E-state index >= 15 is 0 Å². The van der Waals surface area contributed by atoms with E-state index in [1.165, 1.54) is 17.7 Å². The number of ether oxygens (including phenoxy) is 1. The Balaban J connectivity index is 1.24. The maximum absolute atomic E-state index is 12.3. The van der Waals surface area contributed by atoms with Crippen LogP contribution in [0.1, 0.15) is 17.5 Å². The molecule has 1 aliphatic heterocycles. The highest BCUT2D eigenvalue weighted by Gasteiger charge is 2.54. The predicted octanol–water partition coefficient (Wildman–Crippen LogP) is 5.55. The molecule has 0 radical (unpaired) electrons. The lowest BCUT2D eigenvalue weighted by Crippen LogP contribution is -2.24. The van der Waals surface area contributed by atoms with Crippen molar-refractivity contribution in [1.82, 2.24) is 4.90 Å². The number of hydrogen-bond donors (Lipinski definition) is 0. The first-order valence-corrected chi connectivity index (χ1v) is 9.57. The Labute approximate surface area is 161 Å². The zero-order chi connectivity index (χ0) is 19.0. The molecule has 6 heteroatoms. The van der Waals surface area contributed by atoms with Gasteiger partial charge < -0.3 is 4.74 Å². The molecule has 144 valence electrons. The van der Waals surface area contributed by atoms with Gasteiger partial charge >= 0.3 is 6.36 Å². The quantitative estimate of drug-likeness (QED) is 0.635. The number of hydrogen-bond acceptors (Lipinski definition) is 2. The van der Waals surface area contributed by atoms with Crippen molar-refractivity contribution in [1.29, 1.82) is 0 Å². The molecule has 2 aromatic carbocycles. The molecule has 0 bridgehead atoms. The second kappa shape index (κ2) is 7.36. The van der Waals surface area contributed by atoms with Crippen LogP contribution in [-0.2, 0) is 13.0 Å². The Bertz CT molecular complexity index is 798. The van der Waals surface area contributed by atoms with Crippen LogP contribution in [0.5, 0.6) is 5.75 Å². The van der Waals surface area contributed by atoms with Gasteiger partial charge in [-0.2, -0.15) is 0 Å². The zero-order valence-corrected chi connectivity index (χ0v) is 15.5. The van der Waals surface area contributed by atoms with Crippen LogP contribution in [-0.4, -0.2) is 24.4 Å². The standard InChI is InChI=1S/C21H21ClF3NO/c22-16-5-1-4-15(9-16)11-26-12-19-18(20(19)13-26)8-7-14-3-2-6-17(10-14)27-21(23,24)25/h1-6,9-10,18-20H,7-8,11-13H2. The fraction of sp³-hybridized carbons (Fsp3) is 0.429. The van der Waals surface area contributed by atoms with E-state index in [2.05, 4.69) is 15.7 Å². The van der Waals surface area contributed by atoms with Gasteiger partial charge in [0, 0.05) is 24.7 Å². The molecule has 0 aromatic heterocycles. The highest BCUT2D eigenvalue weighted by atomic mass is 35.5. The van der Waals surface area contributed by atoms with Gasteiger partial charge in [0.25, 0.3) is 0 Å². The third kappa shape index (κ3) is 4.77. The molecule has 0 spiro atoms. The summed E-state index contributed by atoms with van der Waals surface area (Å²) in [5.41, 5.74) is 2.14. The summed E-state index contributed by atoms with van der Waals surface area (Å²) in [6, 6.07) is 14.3. The Kier molecular flexibility index (Phi) is 5.08. The number of aryl methyl sites for hydroxylation is 1. The summed E-state index contributed by atoms with van der Waals surface area (Å²) < 4.78 is 41.0. The summed E-state index contributed by atoms with van der Waals surface area (Å²) in [5.74, 6) is 1.99. The Morgan fingerprint density at radius 2 is 1.70 bits per heavy atom. The van der Waals surface area contributed by atoms with E-state index in [1.54, 1.807) is 6.07 Å². The Morgan fingerprint density at radius 3 is 2.41 bits per heavy atom. The molecule has 2 aliphatic rings. The lowest BCUT2D eigenvalue weighted by atomic mass is 10.0. The van der Waals surface area contributed by atoms with E-state index in [9.17, 15) is 13.2 Å². The number of rotatable bonds is 6. The van der Waals surface area contributed by atoms with Crippen molar-refractivity contribution in [3.63, 3.8) is 0 Å². The maximum Gasteiger partial charge on any atom is 0.573 e. The predicted molar refractivity (Wildman–Crippen MR) is 98.6 cm³/mol. The van der Waals surface area contributed by atoms with Crippen molar-refractivity contribution in [2.45, 2.75) is 25.7 Å². The van der Waals surface area contributed by atoms with Crippen molar-refractivity contribution < 1.29 is 17.9 Å². The van der Waals surface area contributed by atoms with Gasteiger partial charge in [0.1, 0.15) is 5.75 Å². The van der Waals surface area contributed by atoms with E-state index in [0.717, 1.165) is 54.9 Å². The summed E-state index contributed by atoms with van der Waals surface area (Å²) >= 11 is 6.05. The summed E-state index contributed by atoms with van der Waals surface area (Å²) in [4.78, 5) is 2.47. The van der Waals surface area contributed by atoms with Crippen LogP contribution < -0.4 is 4.74 Å². The Hall–Kier alpha value is -1.72.